The van der Waals surface area contributed by atoms with Gasteiger partial charge in [0.05, 0.1) is 6.04 Å². The molecule has 3 aromatic carbocycles. The third-order valence-electron chi connectivity index (χ3n) is 4.83. The monoisotopic (exact) mass is 399 g/mol. The highest BCUT2D eigenvalue weighted by molar-refractivity contribution is 5.82. The van der Waals surface area contributed by atoms with Gasteiger partial charge in [-0.25, -0.2) is 4.79 Å². The molecule has 0 bridgehead atoms. The van der Waals surface area contributed by atoms with E-state index < -0.39 is 11.7 Å². The van der Waals surface area contributed by atoms with E-state index in [1.807, 2.05) is 60.7 Å². The molecule has 0 fully saturated rings. The number of carbonyl (C=O) groups excluding carboxylic acids is 1. The molecule has 150 valence electrons. The number of fused-ring (bicyclic) bond motifs is 1. The van der Waals surface area contributed by atoms with E-state index in [0.29, 0.717) is 11.3 Å². The van der Waals surface area contributed by atoms with E-state index in [0.717, 1.165) is 16.5 Å². The molecule has 1 amide bonds. The van der Waals surface area contributed by atoms with Crippen LogP contribution in [0.15, 0.2) is 100 Å². The molecule has 0 unspecified atom stereocenters. The number of rotatable bonds is 6. The molecule has 0 saturated carbocycles. The Labute approximate surface area is 173 Å². The lowest BCUT2D eigenvalue weighted by atomic mass is 9.98. The van der Waals surface area contributed by atoms with Crippen molar-refractivity contribution in [3.8, 4) is 5.75 Å². The Kier molecular flexibility index (Phi) is 5.61. The fourth-order valence-corrected chi connectivity index (χ4v) is 3.28. The summed E-state index contributed by atoms with van der Waals surface area (Å²) in [5.74, 6) is 0.206. The Morgan fingerprint density at radius 1 is 0.867 bits per heavy atom. The first kappa shape index (κ1) is 19.5. The third-order valence-corrected chi connectivity index (χ3v) is 4.83. The summed E-state index contributed by atoms with van der Waals surface area (Å²) in [6.45, 7) is 1.69. The van der Waals surface area contributed by atoms with Crippen molar-refractivity contribution >= 4 is 16.9 Å². The van der Waals surface area contributed by atoms with Crippen LogP contribution in [-0.2, 0) is 4.79 Å². The van der Waals surface area contributed by atoms with Crippen LogP contribution < -0.4 is 15.7 Å². The molecule has 1 atom stereocenters. The van der Waals surface area contributed by atoms with Gasteiger partial charge in [0.1, 0.15) is 11.3 Å². The van der Waals surface area contributed by atoms with E-state index in [-0.39, 0.29) is 11.9 Å². The highest BCUT2D eigenvalue weighted by Crippen LogP contribution is 2.23. The molecule has 0 spiro atoms. The van der Waals surface area contributed by atoms with E-state index in [1.165, 1.54) is 6.07 Å². The summed E-state index contributed by atoms with van der Waals surface area (Å²) in [4.78, 5) is 24.4. The lowest BCUT2D eigenvalue weighted by molar-refractivity contribution is -0.127. The first-order chi connectivity index (χ1) is 14.6. The van der Waals surface area contributed by atoms with Gasteiger partial charge < -0.3 is 14.5 Å². The molecule has 0 saturated heterocycles. The number of benzene rings is 3. The van der Waals surface area contributed by atoms with Crippen LogP contribution in [0.1, 0.15) is 24.1 Å². The SMILES string of the molecule is C[C@H](Oc1ccc2ccc(=O)oc2c1)C(=O)NC(c1ccccc1)c1ccccc1. The third kappa shape index (κ3) is 4.41. The van der Waals surface area contributed by atoms with Gasteiger partial charge in [-0.3, -0.25) is 4.79 Å². The molecule has 1 aromatic heterocycles. The standard InChI is InChI=1S/C25H21NO4/c1-17(29-21-14-12-18-13-15-23(27)30-22(18)16-21)25(28)26-24(19-8-4-2-5-9-19)20-10-6-3-7-11-20/h2-17,24H,1H3,(H,26,28)/t17-/m0/s1. The first-order valence-electron chi connectivity index (χ1n) is 9.71. The van der Waals surface area contributed by atoms with Gasteiger partial charge in [-0.1, -0.05) is 60.7 Å². The Bertz CT molecular complexity index is 1160. The van der Waals surface area contributed by atoms with E-state index in [9.17, 15) is 9.59 Å². The molecular formula is C25H21NO4. The summed E-state index contributed by atoms with van der Waals surface area (Å²) in [5, 5.41) is 3.86. The average molecular weight is 399 g/mol. The number of hydrogen-bond donors (Lipinski definition) is 1. The zero-order chi connectivity index (χ0) is 20.9. The van der Waals surface area contributed by atoms with E-state index in [4.69, 9.17) is 9.15 Å². The van der Waals surface area contributed by atoms with Gasteiger partial charge in [0.25, 0.3) is 5.91 Å². The zero-order valence-electron chi connectivity index (χ0n) is 16.4. The average Bonchev–Trinajstić information content (AvgIpc) is 2.78. The highest BCUT2D eigenvalue weighted by Gasteiger charge is 2.21. The van der Waals surface area contributed by atoms with Gasteiger partial charge in [-0.2, -0.15) is 0 Å². The Balaban J connectivity index is 1.53. The second-order valence-electron chi connectivity index (χ2n) is 6.98. The van der Waals surface area contributed by atoms with Gasteiger partial charge in [0.15, 0.2) is 6.10 Å². The maximum atomic E-state index is 12.9. The Hall–Kier alpha value is -3.86. The highest BCUT2D eigenvalue weighted by atomic mass is 16.5. The maximum absolute atomic E-state index is 12.9. The van der Waals surface area contributed by atoms with E-state index in [2.05, 4.69) is 5.32 Å². The van der Waals surface area contributed by atoms with Crippen LogP contribution in [0.4, 0.5) is 0 Å². The molecule has 30 heavy (non-hydrogen) atoms. The molecule has 1 N–H and O–H groups in total. The normalized spacial score (nSPS) is 11.9. The van der Waals surface area contributed by atoms with Crippen LogP contribution in [0.3, 0.4) is 0 Å². The van der Waals surface area contributed by atoms with Crippen molar-refractivity contribution in [1.82, 2.24) is 5.32 Å². The molecule has 0 radical (unpaired) electrons. The van der Waals surface area contributed by atoms with Gasteiger partial charge in [0, 0.05) is 17.5 Å². The number of carbonyl (C=O) groups is 1. The molecule has 0 aliphatic rings. The van der Waals surface area contributed by atoms with Crippen molar-refractivity contribution in [2.75, 3.05) is 0 Å². The van der Waals surface area contributed by atoms with Crippen LogP contribution in [0, 0.1) is 0 Å². The second-order valence-corrected chi connectivity index (χ2v) is 6.98. The van der Waals surface area contributed by atoms with Crippen molar-refractivity contribution in [3.05, 3.63) is 113 Å². The molecule has 1 heterocycles. The number of amides is 1. The topological polar surface area (TPSA) is 68.5 Å². The first-order valence-corrected chi connectivity index (χ1v) is 9.71. The lowest BCUT2D eigenvalue weighted by Crippen LogP contribution is -2.39. The van der Waals surface area contributed by atoms with Gasteiger partial charge >= 0.3 is 5.63 Å². The second kappa shape index (κ2) is 8.66. The van der Waals surface area contributed by atoms with Gasteiger partial charge in [0.2, 0.25) is 0 Å². The molecule has 4 rings (SSSR count). The molecule has 0 aliphatic heterocycles. The summed E-state index contributed by atoms with van der Waals surface area (Å²) >= 11 is 0. The fraction of sp³-hybridized carbons (Fsp3) is 0.120. The zero-order valence-corrected chi connectivity index (χ0v) is 16.4. The fourth-order valence-electron chi connectivity index (χ4n) is 3.28. The van der Waals surface area contributed by atoms with Crippen LogP contribution in [0.25, 0.3) is 11.0 Å². The molecule has 0 aliphatic carbocycles. The predicted octanol–water partition coefficient (Wildman–Crippen LogP) is 4.47. The summed E-state index contributed by atoms with van der Waals surface area (Å²) in [6, 6.07) is 27.5. The predicted molar refractivity (Wildman–Crippen MR) is 115 cm³/mol. The largest absolute Gasteiger partial charge is 0.481 e. The molecule has 5 nitrogen and oxygen atoms in total. The van der Waals surface area contributed by atoms with E-state index >= 15 is 0 Å². The minimum atomic E-state index is -0.743. The van der Waals surface area contributed by atoms with Crippen molar-refractivity contribution < 1.29 is 13.9 Å². The number of nitrogens with one attached hydrogen (secondary N) is 1. The quantitative estimate of drug-likeness (QED) is 0.486. The molecule has 4 aromatic rings. The minimum Gasteiger partial charge on any atom is -0.481 e. The van der Waals surface area contributed by atoms with Crippen molar-refractivity contribution in [2.45, 2.75) is 19.1 Å². The Morgan fingerprint density at radius 2 is 1.47 bits per heavy atom. The molecule has 5 heteroatoms. The summed E-state index contributed by atoms with van der Waals surface area (Å²) < 4.78 is 11.0. The summed E-state index contributed by atoms with van der Waals surface area (Å²) in [6.07, 6.45) is -0.743. The van der Waals surface area contributed by atoms with Crippen LogP contribution in [0.5, 0.6) is 5.75 Å². The van der Waals surface area contributed by atoms with Gasteiger partial charge in [-0.15, -0.1) is 0 Å². The van der Waals surface area contributed by atoms with Crippen LogP contribution in [0.2, 0.25) is 0 Å². The van der Waals surface area contributed by atoms with Crippen molar-refractivity contribution in [3.63, 3.8) is 0 Å². The minimum absolute atomic E-state index is 0.248. The smallest absolute Gasteiger partial charge is 0.336 e. The summed E-state index contributed by atoms with van der Waals surface area (Å²) in [5.41, 5.74) is 1.95. The maximum Gasteiger partial charge on any atom is 0.336 e. The van der Waals surface area contributed by atoms with Gasteiger partial charge in [-0.05, 0) is 36.2 Å². The lowest BCUT2D eigenvalue weighted by Gasteiger charge is -2.22. The molecular weight excluding hydrogens is 378 g/mol. The Morgan fingerprint density at radius 3 is 2.10 bits per heavy atom. The number of hydrogen-bond acceptors (Lipinski definition) is 4. The summed E-state index contributed by atoms with van der Waals surface area (Å²) in [7, 11) is 0. The number of ether oxygens (including phenoxy) is 1. The van der Waals surface area contributed by atoms with Crippen LogP contribution in [-0.4, -0.2) is 12.0 Å². The van der Waals surface area contributed by atoms with E-state index in [1.54, 1.807) is 31.2 Å². The van der Waals surface area contributed by atoms with Crippen LogP contribution >= 0.6 is 0 Å². The van der Waals surface area contributed by atoms with Crippen molar-refractivity contribution in [1.29, 1.82) is 0 Å². The van der Waals surface area contributed by atoms with Crippen molar-refractivity contribution in [2.24, 2.45) is 0 Å².